The van der Waals surface area contributed by atoms with Gasteiger partial charge in [-0.2, -0.15) is 0 Å². The molecule has 3 nitrogen and oxygen atoms in total. The number of hydrogen-bond donors (Lipinski definition) is 1. The van der Waals surface area contributed by atoms with Crippen LogP contribution >= 0.6 is 0 Å². The first kappa shape index (κ1) is 10.7. The molecule has 4 heteroatoms. The van der Waals surface area contributed by atoms with Crippen LogP contribution in [0.5, 0.6) is 0 Å². The maximum absolute atomic E-state index is 13.1. The molecule has 16 heavy (non-hydrogen) atoms. The number of nitrogen functional groups attached to an aromatic ring is 1. The third kappa shape index (κ3) is 2.61. The van der Waals surface area contributed by atoms with Gasteiger partial charge < -0.3 is 14.9 Å². The zero-order chi connectivity index (χ0) is 11.4. The van der Waals surface area contributed by atoms with Crippen molar-refractivity contribution in [2.75, 3.05) is 5.73 Å². The molecule has 0 amide bonds. The van der Waals surface area contributed by atoms with Crippen LogP contribution in [-0.4, -0.2) is 0 Å². The number of ether oxygens (including phenoxy) is 1. The van der Waals surface area contributed by atoms with Gasteiger partial charge in [0.2, 0.25) is 0 Å². The Morgan fingerprint density at radius 2 is 2.12 bits per heavy atom. The predicted octanol–water partition coefficient (Wildman–Crippen LogP) is 2.72. The topological polar surface area (TPSA) is 48.4 Å². The van der Waals surface area contributed by atoms with Crippen LogP contribution < -0.4 is 5.73 Å². The molecule has 0 saturated heterocycles. The van der Waals surface area contributed by atoms with E-state index in [0.29, 0.717) is 13.2 Å². The van der Waals surface area contributed by atoms with Crippen molar-refractivity contribution in [2.45, 2.75) is 13.2 Å². The molecule has 0 unspecified atom stereocenters. The van der Waals surface area contributed by atoms with E-state index in [9.17, 15) is 4.39 Å². The summed E-state index contributed by atoms with van der Waals surface area (Å²) in [5.74, 6) is 0.329. The Kier molecular flexibility index (Phi) is 3.22. The number of rotatable bonds is 4. The number of benzene rings is 1. The molecule has 0 radical (unpaired) electrons. The molecule has 0 fully saturated rings. The van der Waals surface area contributed by atoms with E-state index in [1.54, 1.807) is 18.4 Å². The summed E-state index contributed by atoms with van der Waals surface area (Å²) in [4.78, 5) is 0. The minimum atomic E-state index is -0.418. The van der Waals surface area contributed by atoms with E-state index in [1.165, 1.54) is 12.1 Å². The van der Waals surface area contributed by atoms with Crippen LogP contribution in [0, 0.1) is 5.82 Å². The summed E-state index contributed by atoms with van der Waals surface area (Å²) in [5, 5.41) is 0. The summed E-state index contributed by atoms with van der Waals surface area (Å²) in [6.07, 6.45) is 1.58. The number of anilines is 1. The predicted molar refractivity (Wildman–Crippen MR) is 58.0 cm³/mol. The SMILES string of the molecule is Nc1ccc(COCc2ccco2)cc1F. The summed E-state index contributed by atoms with van der Waals surface area (Å²) < 4.78 is 23.5. The van der Waals surface area contributed by atoms with Crippen molar-refractivity contribution < 1.29 is 13.5 Å². The fourth-order valence-corrected chi connectivity index (χ4v) is 1.32. The maximum Gasteiger partial charge on any atom is 0.146 e. The molecule has 0 aliphatic heterocycles. The number of hydrogen-bond acceptors (Lipinski definition) is 3. The fraction of sp³-hybridized carbons (Fsp3) is 0.167. The zero-order valence-corrected chi connectivity index (χ0v) is 8.65. The smallest absolute Gasteiger partial charge is 0.146 e. The van der Waals surface area contributed by atoms with Crippen molar-refractivity contribution in [3.05, 3.63) is 53.7 Å². The lowest BCUT2D eigenvalue weighted by atomic mass is 10.2. The first-order chi connectivity index (χ1) is 7.75. The third-order valence-corrected chi connectivity index (χ3v) is 2.16. The van der Waals surface area contributed by atoms with Crippen LogP contribution in [0.1, 0.15) is 11.3 Å². The first-order valence-electron chi connectivity index (χ1n) is 4.90. The summed E-state index contributed by atoms with van der Waals surface area (Å²) in [6.45, 7) is 0.705. The molecule has 0 aliphatic rings. The van der Waals surface area contributed by atoms with E-state index in [1.807, 2.05) is 6.07 Å². The minimum Gasteiger partial charge on any atom is -0.467 e. The van der Waals surface area contributed by atoms with Gasteiger partial charge in [-0.25, -0.2) is 4.39 Å². The van der Waals surface area contributed by atoms with E-state index >= 15 is 0 Å². The van der Waals surface area contributed by atoms with Gasteiger partial charge in [-0.05, 0) is 29.8 Å². The fourth-order valence-electron chi connectivity index (χ4n) is 1.32. The highest BCUT2D eigenvalue weighted by atomic mass is 19.1. The molecule has 1 aromatic carbocycles. The maximum atomic E-state index is 13.1. The molecular weight excluding hydrogens is 209 g/mol. The van der Waals surface area contributed by atoms with E-state index in [4.69, 9.17) is 14.9 Å². The minimum absolute atomic E-state index is 0.148. The summed E-state index contributed by atoms with van der Waals surface area (Å²) in [5.41, 5.74) is 6.26. The van der Waals surface area contributed by atoms with Gasteiger partial charge >= 0.3 is 0 Å². The average Bonchev–Trinajstić information content (AvgIpc) is 2.76. The molecule has 2 rings (SSSR count). The zero-order valence-electron chi connectivity index (χ0n) is 8.65. The van der Waals surface area contributed by atoms with Crippen molar-refractivity contribution in [3.63, 3.8) is 0 Å². The second-order valence-electron chi connectivity index (χ2n) is 3.43. The van der Waals surface area contributed by atoms with Crippen molar-refractivity contribution in [1.82, 2.24) is 0 Å². The van der Waals surface area contributed by atoms with E-state index in [2.05, 4.69) is 0 Å². The van der Waals surface area contributed by atoms with Gasteiger partial charge in [-0.3, -0.25) is 0 Å². The molecule has 0 saturated carbocycles. The van der Waals surface area contributed by atoms with Crippen LogP contribution in [0.3, 0.4) is 0 Å². The Balaban J connectivity index is 1.87. The Morgan fingerprint density at radius 3 is 2.81 bits per heavy atom. The lowest BCUT2D eigenvalue weighted by molar-refractivity contribution is 0.0928. The van der Waals surface area contributed by atoms with Gasteiger partial charge in [0.05, 0.1) is 18.6 Å². The van der Waals surface area contributed by atoms with Crippen LogP contribution in [0.15, 0.2) is 41.0 Å². The van der Waals surface area contributed by atoms with Crippen LogP contribution in [0.4, 0.5) is 10.1 Å². The van der Waals surface area contributed by atoms with Gasteiger partial charge in [0.1, 0.15) is 18.2 Å². The van der Waals surface area contributed by atoms with Crippen LogP contribution in [0.2, 0.25) is 0 Å². The molecule has 2 N–H and O–H groups in total. The van der Waals surface area contributed by atoms with Gasteiger partial charge in [0.15, 0.2) is 0 Å². The van der Waals surface area contributed by atoms with Crippen molar-refractivity contribution in [1.29, 1.82) is 0 Å². The summed E-state index contributed by atoms with van der Waals surface area (Å²) in [6, 6.07) is 8.25. The van der Waals surface area contributed by atoms with E-state index < -0.39 is 5.82 Å². The first-order valence-corrected chi connectivity index (χ1v) is 4.90. The summed E-state index contributed by atoms with van der Waals surface area (Å²) >= 11 is 0. The van der Waals surface area contributed by atoms with Gasteiger partial charge in [0.25, 0.3) is 0 Å². The highest BCUT2D eigenvalue weighted by molar-refractivity contribution is 5.41. The Hall–Kier alpha value is -1.81. The van der Waals surface area contributed by atoms with Gasteiger partial charge in [0, 0.05) is 0 Å². The molecule has 0 spiro atoms. The van der Waals surface area contributed by atoms with Gasteiger partial charge in [-0.15, -0.1) is 0 Å². The number of furan rings is 1. The highest BCUT2D eigenvalue weighted by Gasteiger charge is 2.01. The number of halogens is 1. The van der Waals surface area contributed by atoms with Gasteiger partial charge in [-0.1, -0.05) is 6.07 Å². The Bertz CT molecular complexity index is 454. The molecule has 0 atom stereocenters. The second kappa shape index (κ2) is 4.81. The lowest BCUT2D eigenvalue weighted by Crippen LogP contribution is -1.96. The third-order valence-electron chi connectivity index (χ3n) is 2.16. The van der Waals surface area contributed by atoms with E-state index in [0.717, 1.165) is 11.3 Å². The molecule has 1 heterocycles. The molecule has 0 aliphatic carbocycles. The standard InChI is InChI=1S/C12H12FNO2/c13-11-6-9(3-4-12(11)14)7-15-8-10-2-1-5-16-10/h1-6H,7-8,14H2. The molecule has 1 aromatic heterocycles. The van der Waals surface area contributed by atoms with Crippen molar-refractivity contribution in [2.24, 2.45) is 0 Å². The quantitative estimate of drug-likeness (QED) is 0.807. The molecule has 84 valence electrons. The average molecular weight is 221 g/mol. The Labute approximate surface area is 92.6 Å². The molecule has 2 aromatic rings. The largest absolute Gasteiger partial charge is 0.467 e. The summed E-state index contributed by atoms with van der Waals surface area (Å²) in [7, 11) is 0. The van der Waals surface area contributed by atoms with Crippen molar-refractivity contribution >= 4 is 5.69 Å². The van der Waals surface area contributed by atoms with Crippen LogP contribution in [0.25, 0.3) is 0 Å². The Morgan fingerprint density at radius 1 is 1.25 bits per heavy atom. The lowest BCUT2D eigenvalue weighted by Gasteiger charge is -2.04. The van der Waals surface area contributed by atoms with Crippen molar-refractivity contribution in [3.8, 4) is 0 Å². The van der Waals surface area contributed by atoms with Crippen LogP contribution in [-0.2, 0) is 18.0 Å². The second-order valence-corrected chi connectivity index (χ2v) is 3.43. The monoisotopic (exact) mass is 221 g/mol. The normalized spacial score (nSPS) is 10.6. The highest BCUT2D eigenvalue weighted by Crippen LogP contribution is 2.13. The van der Waals surface area contributed by atoms with E-state index in [-0.39, 0.29) is 5.69 Å². The molecular formula is C12H12FNO2. The number of nitrogens with two attached hydrogens (primary N) is 1. The molecule has 0 bridgehead atoms.